The van der Waals surface area contributed by atoms with E-state index in [1.807, 2.05) is 18.7 Å². The van der Waals surface area contributed by atoms with Crippen molar-refractivity contribution in [1.82, 2.24) is 10.2 Å². The summed E-state index contributed by atoms with van der Waals surface area (Å²) in [6.07, 6.45) is 1.29. The molecule has 0 saturated carbocycles. The van der Waals surface area contributed by atoms with Crippen molar-refractivity contribution in [2.24, 2.45) is 11.8 Å². The van der Waals surface area contributed by atoms with Crippen LogP contribution in [0.2, 0.25) is 0 Å². The molecule has 0 radical (unpaired) electrons. The summed E-state index contributed by atoms with van der Waals surface area (Å²) in [4.78, 5) is 25.4. The van der Waals surface area contributed by atoms with Gasteiger partial charge in [0.2, 0.25) is 11.8 Å². The Bertz CT molecular complexity index is 289. The van der Waals surface area contributed by atoms with E-state index in [0.717, 1.165) is 13.0 Å². The van der Waals surface area contributed by atoms with E-state index in [1.54, 1.807) is 0 Å². The summed E-state index contributed by atoms with van der Waals surface area (Å²) >= 11 is 0. The number of carbonyl (C=O) groups excluding carboxylic acids is 2. The zero-order valence-corrected chi connectivity index (χ0v) is 11.3. The largest absolute Gasteiger partial charge is 0.353 e. The number of likely N-dealkylation sites (tertiary alicyclic amines) is 1. The second-order valence-electron chi connectivity index (χ2n) is 5.41. The number of rotatable bonds is 5. The molecule has 1 saturated heterocycles. The molecular weight excluding hydrogens is 216 g/mol. The highest BCUT2D eigenvalue weighted by atomic mass is 16.2. The maximum absolute atomic E-state index is 11.9. The summed E-state index contributed by atoms with van der Waals surface area (Å²) in [6, 6.07) is 0.191. The molecule has 1 N–H and O–H groups in total. The summed E-state index contributed by atoms with van der Waals surface area (Å²) in [5, 5.41) is 2.95. The minimum Gasteiger partial charge on any atom is -0.353 e. The van der Waals surface area contributed by atoms with Crippen LogP contribution in [0.15, 0.2) is 0 Å². The first-order chi connectivity index (χ1) is 7.93. The molecule has 1 aliphatic heterocycles. The number of amides is 2. The lowest BCUT2D eigenvalue weighted by atomic mass is 10.1. The molecule has 1 heterocycles. The molecule has 1 aliphatic rings. The van der Waals surface area contributed by atoms with Crippen LogP contribution in [0, 0.1) is 11.8 Å². The minimum atomic E-state index is -0.157. The fourth-order valence-corrected chi connectivity index (χ4v) is 2.03. The number of carbonyl (C=O) groups is 2. The first-order valence-electron chi connectivity index (χ1n) is 6.52. The molecule has 2 amide bonds. The lowest BCUT2D eigenvalue weighted by Crippen LogP contribution is -2.38. The van der Waals surface area contributed by atoms with Gasteiger partial charge in [0, 0.05) is 25.6 Å². The second-order valence-corrected chi connectivity index (χ2v) is 5.41. The van der Waals surface area contributed by atoms with Crippen molar-refractivity contribution in [3.05, 3.63) is 0 Å². The van der Waals surface area contributed by atoms with Crippen LogP contribution in [0.3, 0.4) is 0 Å². The van der Waals surface area contributed by atoms with Crippen molar-refractivity contribution in [2.45, 2.75) is 46.6 Å². The molecule has 0 aromatic heterocycles. The lowest BCUT2D eigenvalue weighted by molar-refractivity contribution is -0.129. The lowest BCUT2D eigenvalue weighted by Gasteiger charge is -2.19. The molecular formula is C13H24N2O2. The summed E-state index contributed by atoms with van der Waals surface area (Å²) in [6.45, 7) is 9.53. The van der Waals surface area contributed by atoms with Crippen LogP contribution in [0.4, 0.5) is 0 Å². The number of hydrogen-bond donors (Lipinski definition) is 1. The van der Waals surface area contributed by atoms with Gasteiger partial charge in [-0.3, -0.25) is 9.59 Å². The Morgan fingerprint density at radius 2 is 2.12 bits per heavy atom. The molecule has 2 atom stereocenters. The van der Waals surface area contributed by atoms with Crippen LogP contribution in [-0.4, -0.2) is 35.8 Å². The van der Waals surface area contributed by atoms with E-state index < -0.39 is 0 Å². The van der Waals surface area contributed by atoms with E-state index in [4.69, 9.17) is 0 Å². The van der Waals surface area contributed by atoms with Crippen molar-refractivity contribution in [1.29, 1.82) is 0 Å². The fraction of sp³-hybridized carbons (Fsp3) is 0.846. The van der Waals surface area contributed by atoms with E-state index >= 15 is 0 Å². The number of nitrogens with one attached hydrogen (secondary N) is 1. The Morgan fingerprint density at radius 3 is 2.65 bits per heavy atom. The quantitative estimate of drug-likeness (QED) is 0.790. The zero-order chi connectivity index (χ0) is 13.0. The Morgan fingerprint density at radius 1 is 1.47 bits per heavy atom. The van der Waals surface area contributed by atoms with Gasteiger partial charge in [0.15, 0.2) is 0 Å². The van der Waals surface area contributed by atoms with Crippen molar-refractivity contribution in [2.75, 3.05) is 13.1 Å². The van der Waals surface area contributed by atoms with Crippen molar-refractivity contribution in [3.63, 3.8) is 0 Å². The van der Waals surface area contributed by atoms with E-state index in [-0.39, 0.29) is 23.8 Å². The van der Waals surface area contributed by atoms with Gasteiger partial charge in [0.25, 0.3) is 0 Å². The van der Waals surface area contributed by atoms with Gasteiger partial charge in [-0.25, -0.2) is 0 Å². The van der Waals surface area contributed by atoms with Crippen molar-refractivity contribution in [3.8, 4) is 0 Å². The van der Waals surface area contributed by atoms with Gasteiger partial charge >= 0.3 is 0 Å². The number of nitrogens with zero attached hydrogens (tertiary/aromatic N) is 1. The first kappa shape index (κ1) is 14.0. The Kier molecular flexibility index (Phi) is 4.97. The van der Waals surface area contributed by atoms with E-state index in [2.05, 4.69) is 19.2 Å². The average molecular weight is 240 g/mol. The van der Waals surface area contributed by atoms with E-state index in [0.29, 0.717) is 18.9 Å². The fourth-order valence-electron chi connectivity index (χ4n) is 2.03. The van der Waals surface area contributed by atoms with Gasteiger partial charge in [0.1, 0.15) is 0 Å². The molecule has 0 aromatic carbocycles. The molecule has 17 heavy (non-hydrogen) atoms. The second kappa shape index (κ2) is 6.03. The molecule has 0 spiro atoms. The highest BCUT2D eigenvalue weighted by Crippen LogP contribution is 2.19. The SMILES string of the molecule is CC[C@@H](C)NC(=O)[C@@H]1CC(=O)N(CC(C)C)C1. The zero-order valence-electron chi connectivity index (χ0n) is 11.3. The maximum atomic E-state index is 11.9. The highest BCUT2D eigenvalue weighted by molar-refractivity contribution is 5.89. The average Bonchev–Trinajstić information content (AvgIpc) is 2.59. The third kappa shape index (κ3) is 4.02. The predicted octanol–water partition coefficient (Wildman–Crippen LogP) is 1.41. The molecule has 1 fully saturated rings. The standard InChI is InChI=1S/C13H24N2O2/c1-5-10(4)14-13(17)11-6-12(16)15(8-11)7-9(2)3/h9-11H,5-8H2,1-4H3,(H,14,17)/t10-,11-/m1/s1. The van der Waals surface area contributed by atoms with Crippen LogP contribution in [-0.2, 0) is 9.59 Å². The van der Waals surface area contributed by atoms with Gasteiger partial charge in [-0.05, 0) is 19.3 Å². The van der Waals surface area contributed by atoms with E-state index in [9.17, 15) is 9.59 Å². The molecule has 0 aliphatic carbocycles. The third-order valence-electron chi connectivity index (χ3n) is 3.17. The van der Waals surface area contributed by atoms with E-state index in [1.165, 1.54) is 0 Å². The topological polar surface area (TPSA) is 49.4 Å². The van der Waals surface area contributed by atoms with Gasteiger partial charge < -0.3 is 10.2 Å². The van der Waals surface area contributed by atoms with Gasteiger partial charge in [0.05, 0.1) is 5.92 Å². The van der Waals surface area contributed by atoms with Crippen molar-refractivity contribution < 1.29 is 9.59 Å². The summed E-state index contributed by atoms with van der Waals surface area (Å²) < 4.78 is 0. The molecule has 98 valence electrons. The smallest absolute Gasteiger partial charge is 0.225 e. The predicted molar refractivity (Wildman–Crippen MR) is 67.4 cm³/mol. The van der Waals surface area contributed by atoms with Gasteiger partial charge in [-0.2, -0.15) is 0 Å². The molecule has 0 unspecified atom stereocenters. The molecule has 4 heteroatoms. The van der Waals surface area contributed by atoms with Crippen LogP contribution in [0.5, 0.6) is 0 Å². The Hall–Kier alpha value is -1.06. The third-order valence-corrected chi connectivity index (χ3v) is 3.17. The Labute approximate surface area is 104 Å². The normalized spacial score (nSPS) is 22.1. The highest BCUT2D eigenvalue weighted by Gasteiger charge is 2.34. The molecule has 1 rings (SSSR count). The van der Waals surface area contributed by atoms with Crippen LogP contribution in [0.25, 0.3) is 0 Å². The van der Waals surface area contributed by atoms with Crippen LogP contribution < -0.4 is 5.32 Å². The summed E-state index contributed by atoms with van der Waals surface area (Å²) in [5.41, 5.74) is 0. The Balaban J connectivity index is 2.47. The minimum absolute atomic E-state index is 0.0268. The summed E-state index contributed by atoms with van der Waals surface area (Å²) in [7, 11) is 0. The molecule has 4 nitrogen and oxygen atoms in total. The molecule has 0 aromatic rings. The summed E-state index contributed by atoms with van der Waals surface area (Å²) in [5.74, 6) is 0.438. The van der Waals surface area contributed by atoms with Gasteiger partial charge in [-0.15, -0.1) is 0 Å². The van der Waals surface area contributed by atoms with Gasteiger partial charge in [-0.1, -0.05) is 20.8 Å². The van der Waals surface area contributed by atoms with Crippen LogP contribution >= 0.6 is 0 Å². The molecule has 0 bridgehead atoms. The van der Waals surface area contributed by atoms with Crippen LogP contribution in [0.1, 0.15) is 40.5 Å². The van der Waals surface area contributed by atoms with Crippen molar-refractivity contribution >= 4 is 11.8 Å². The maximum Gasteiger partial charge on any atom is 0.225 e. The number of hydrogen-bond acceptors (Lipinski definition) is 2. The first-order valence-corrected chi connectivity index (χ1v) is 6.52. The monoisotopic (exact) mass is 240 g/mol.